The number of hydrogen-bond acceptors (Lipinski definition) is 11. The lowest BCUT2D eigenvalue weighted by Crippen LogP contribution is -2.50. The first-order valence-electron chi connectivity index (χ1n) is 14.3. The number of esters is 1. The first kappa shape index (κ1) is 34.6. The molecule has 1 fully saturated rings. The number of nitrogens with zero attached hydrogens (tertiary/aromatic N) is 2. The summed E-state index contributed by atoms with van der Waals surface area (Å²) in [4.78, 5) is 68.4. The average Bonchev–Trinajstić information content (AvgIpc) is 3.59. The zero-order valence-electron chi connectivity index (χ0n) is 25.2. The first-order valence-corrected chi connectivity index (χ1v) is 16.1. The van der Waals surface area contributed by atoms with Crippen molar-refractivity contribution in [1.82, 2.24) is 15.2 Å². The molecule has 2 aliphatic heterocycles. The molecule has 0 unspecified atom stereocenters. The first-order chi connectivity index (χ1) is 20.7. The predicted octanol–water partition coefficient (Wildman–Crippen LogP) is 1.13. The molecule has 3 heterocycles. The largest absolute Gasteiger partial charge is 0.460 e. The van der Waals surface area contributed by atoms with Crippen LogP contribution in [0.5, 0.6) is 0 Å². The molecule has 2 aliphatic rings. The molecule has 14 heteroatoms. The van der Waals surface area contributed by atoms with Crippen molar-refractivity contribution in [3.8, 4) is 0 Å². The van der Waals surface area contributed by atoms with E-state index in [0.29, 0.717) is 5.57 Å². The van der Waals surface area contributed by atoms with E-state index in [-0.39, 0.29) is 56.1 Å². The maximum atomic E-state index is 13.7. The van der Waals surface area contributed by atoms with Crippen LogP contribution < -0.4 is 5.32 Å². The van der Waals surface area contributed by atoms with Crippen LogP contribution in [0, 0.1) is 11.8 Å². The van der Waals surface area contributed by atoms with E-state index < -0.39 is 68.6 Å². The van der Waals surface area contributed by atoms with Gasteiger partial charge < -0.3 is 29.3 Å². The molecule has 13 nitrogen and oxygen atoms in total. The molecular weight excluding hydrogens is 594 g/mol. The monoisotopic (exact) mass is 633 g/mol. The summed E-state index contributed by atoms with van der Waals surface area (Å²) in [5.74, 6) is -4.26. The van der Waals surface area contributed by atoms with E-state index in [9.17, 15) is 37.5 Å². The van der Waals surface area contributed by atoms with Crippen LogP contribution in [0.1, 0.15) is 56.9 Å². The fourth-order valence-electron chi connectivity index (χ4n) is 5.26. The number of aldehydes is 1. The Balaban J connectivity index is 2.00. The number of Topliss-reactive ketones (excluding diaryl/α,β-unsaturated/α-hetero) is 1. The second-order valence-corrected chi connectivity index (χ2v) is 13.6. The smallest absolute Gasteiger partial charge is 0.330 e. The van der Waals surface area contributed by atoms with Crippen LogP contribution >= 0.6 is 0 Å². The van der Waals surface area contributed by atoms with Crippen molar-refractivity contribution in [3.63, 3.8) is 0 Å². The highest BCUT2D eigenvalue weighted by Crippen LogP contribution is 2.30. The molecule has 240 valence electrons. The fourth-order valence-corrected chi connectivity index (χ4v) is 6.81. The number of oxazole rings is 1. The van der Waals surface area contributed by atoms with Crippen molar-refractivity contribution in [3.05, 3.63) is 53.8 Å². The minimum atomic E-state index is -4.14. The van der Waals surface area contributed by atoms with Crippen molar-refractivity contribution in [2.75, 3.05) is 18.8 Å². The van der Waals surface area contributed by atoms with Gasteiger partial charge in [-0.05, 0) is 25.3 Å². The number of rotatable bonds is 4. The molecule has 0 aromatic carbocycles. The number of cyclic esters (lactones) is 1. The van der Waals surface area contributed by atoms with Crippen molar-refractivity contribution in [2.24, 2.45) is 11.8 Å². The predicted molar refractivity (Wildman–Crippen MR) is 158 cm³/mol. The van der Waals surface area contributed by atoms with E-state index in [1.165, 1.54) is 12.2 Å². The van der Waals surface area contributed by atoms with Crippen molar-refractivity contribution >= 4 is 39.7 Å². The Morgan fingerprint density at radius 3 is 2.61 bits per heavy atom. The average molecular weight is 634 g/mol. The summed E-state index contributed by atoms with van der Waals surface area (Å²) in [5, 5.41) is 11.6. The Labute approximate surface area is 256 Å². The van der Waals surface area contributed by atoms with Crippen LogP contribution in [0.4, 0.5) is 0 Å². The van der Waals surface area contributed by atoms with Gasteiger partial charge in [-0.3, -0.25) is 14.4 Å². The normalized spacial score (nSPS) is 29.3. The molecule has 1 saturated heterocycles. The van der Waals surface area contributed by atoms with Crippen LogP contribution in [0.2, 0.25) is 0 Å². The zero-order valence-corrected chi connectivity index (χ0v) is 26.0. The van der Waals surface area contributed by atoms with Crippen molar-refractivity contribution in [2.45, 2.75) is 70.5 Å². The number of nitrogens with one attached hydrogen (secondary N) is 1. The highest BCUT2D eigenvalue weighted by Gasteiger charge is 2.50. The number of aromatic nitrogens is 1. The molecule has 2 amide bonds. The third-order valence-corrected chi connectivity index (χ3v) is 9.39. The van der Waals surface area contributed by atoms with Crippen LogP contribution in [0.15, 0.2) is 46.6 Å². The molecule has 1 aromatic heterocycles. The molecule has 2 bridgehead atoms. The number of aliphatic hydroxyl groups excluding tert-OH is 1. The van der Waals surface area contributed by atoms with E-state index in [1.54, 1.807) is 45.9 Å². The fraction of sp³-hybridized carbons (Fsp3) is 0.533. The number of carbonyl (C=O) groups excluding carboxylic acids is 5. The van der Waals surface area contributed by atoms with E-state index in [0.717, 1.165) is 11.2 Å². The standard InChI is InChI=1S/C30H39N3O10S/c1-18(2)28-20(4)7-8-25(37)31-10-5-6-19(3)14-21(35)15-22(36)16-26-32-23(17-42-26)29(38)33-11-9-24(27(33)30(39)43-28)44(40,41)13-12-34/h5-8,12,14,17-18,20-21,24,27-28,35H,9-11,13,15-16H2,1-4H3,(H,31,37)/b6-5+,8-7+,19-14+/t20-,21-,24-,27-,28-/m1/s1. The van der Waals surface area contributed by atoms with Gasteiger partial charge in [-0.25, -0.2) is 18.2 Å². The van der Waals surface area contributed by atoms with Gasteiger partial charge in [0.2, 0.25) is 11.8 Å². The number of ketones is 1. The van der Waals surface area contributed by atoms with Crippen LogP contribution in [0.3, 0.4) is 0 Å². The third-order valence-electron chi connectivity index (χ3n) is 7.37. The minimum Gasteiger partial charge on any atom is -0.460 e. The van der Waals surface area contributed by atoms with Crippen molar-refractivity contribution in [1.29, 1.82) is 0 Å². The molecule has 2 N–H and O–H groups in total. The highest BCUT2D eigenvalue weighted by atomic mass is 32.2. The van der Waals surface area contributed by atoms with E-state index in [4.69, 9.17) is 9.15 Å². The van der Waals surface area contributed by atoms with Gasteiger partial charge in [-0.15, -0.1) is 0 Å². The molecule has 0 saturated carbocycles. The second-order valence-electron chi connectivity index (χ2n) is 11.3. The highest BCUT2D eigenvalue weighted by molar-refractivity contribution is 7.92. The molecule has 5 atom stereocenters. The number of carbonyl (C=O) groups is 5. The van der Waals surface area contributed by atoms with Gasteiger partial charge in [0.25, 0.3) is 5.91 Å². The molecule has 0 spiro atoms. The number of hydrogen-bond donors (Lipinski definition) is 2. The summed E-state index contributed by atoms with van der Waals surface area (Å²) in [5.41, 5.74) is 0.419. The van der Waals surface area contributed by atoms with Gasteiger partial charge >= 0.3 is 5.97 Å². The van der Waals surface area contributed by atoms with Gasteiger partial charge in [0.15, 0.2) is 15.5 Å². The topological polar surface area (TPSA) is 190 Å². The lowest BCUT2D eigenvalue weighted by molar-refractivity contribution is -0.157. The van der Waals surface area contributed by atoms with Gasteiger partial charge in [-0.2, -0.15) is 0 Å². The van der Waals surface area contributed by atoms with Gasteiger partial charge in [0.05, 0.1) is 17.8 Å². The number of amides is 2. The quantitative estimate of drug-likeness (QED) is 0.357. The Morgan fingerprint density at radius 2 is 1.93 bits per heavy atom. The molecule has 0 aliphatic carbocycles. The lowest BCUT2D eigenvalue weighted by Gasteiger charge is -2.31. The van der Waals surface area contributed by atoms with Crippen LogP contribution in [-0.4, -0.2) is 95.6 Å². The Hall–Kier alpha value is -3.91. The van der Waals surface area contributed by atoms with Gasteiger partial charge in [0, 0.05) is 25.4 Å². The Morgan fingerprint density at radius 1 is 1.20 bits per heavy atom. The number of fused-ring (bicyclic) bond motifs is 3. The number of sulfone groups is 1. The molecule has 44 heavy (non-hydrogen) atoms. The number of aliphatic hydroxyl groups is 1. The molecule has 0 radical (unpaired) electrons. The Kier molecular flexibility index (Phi) is 11.9. The number of allylic oxidation sites excluding steroid dienone is 2. The lowest BCUT2D eigenvalue weighted by atomic mass is 9.94. The Bertz CT molecular complexity index is 1440. The molecule has 1 aromatic rings. The van der Waals surface area contributed by atoms with Crippen LogP contribution in [-0.2, 0) is 40.2 Å². The summed E-state index contributed by atoms with van der Waals surface area (Å²) in [6.45, 7) is 7.10. The van der Waals surface area contributed by atoms with Crippen LogP contribution in [0.25, 0.3) is 0 Å². The van der Waals surface area contributed by atoms with Crippen molar-refractivity contribution < 1.29 is 46.7 Å². The zero-order chi connectivity index (χ0) is 32.6. The summed E-state index contributed by atoms with van der Waals surface area (Å²) in [7, 11) is -4.14. The minimum absolute atomic E-state index is 0.0933. The van der Waals surface area contributed by atoms with E-state index >= 15 is 0 Å². The summed E-state index contributed by atoms with van der Waals surface area (Å²) in [6.07, 6.45) is 6.40. The maximum absolute atomic E-state index is 13.7. The van der Waals surface area contributed by atoms with Gasteiger partial charge in [-0.1, -0.05) is 50.6 Å². The molecule has 3 rings (SSSR count). The number of ether oxygens (including phenoxy) is 1. The van der Waals surface area contributed by atoms with Gasteiger partial charge in [0.1, 0.15) is 36.2 Å². The summed E-state index contributed by atoms with van der Waals surface area (Å²) in [6, 6.07) is -1.58. The second kappa shape index (κ2) is 15.2. The van der Waals surface area contributed by atoms with E-state index in [2.05, 4.69) is 10.3 Å². The summed E-state index contributed by atoms with van der Waals surface area (Å²) >= 11 is 0. The summed E-state index contributed by atoms with van der Waals surface area (Å²) < 4.78 is 37.1. The maximum Gasteiger partial charge on any atom is 0.330 e. The third kappa shape index (κ3) is 9.05. The molecular formula is C30H39N3O10S. The SMILES string of the molecule is CC1=C\[C@@H](O)CC(=O)Cc2nc(co2)C(=O)N2CC[C@@H](S(=O)(=O)CC=O)[C@@H]2C(=O)O[C@H](C(C)C)[C@H](C)/C=C/C(=O)NC\C=C\1. The van der Waals surface area contributed by atoms with E-state index in [1.807, 2.05) is 0 Å².